The summed E-state index contributed by atoms with van der Waals surface area (Å²) >= 11 is 3.14. The van der Waals surface area contributed by atoms with Gasteiger partial charge in [0.2, 0.25) is 0 Å². The Morgan fingerprint density at radius 2 is 2.29 bits per heavy atom. The molecule has 0 saturated carbocycles. The highest BCUT2D eigenvalue weighted by Gasteiger charge is 2.14. The van der Waals surface area contributed by atoms with Crippen LogP contribution in [-0.4, -0.2) is 11.1 Å². The fourth-order valence-electron chi connectivity index (χ4n) is 1.27. The van der Waals surface area contributed by atoms with Crippen LogP contribution in [0.4, 0.5) is 4.39 Å². The first-order valence-corrected chi connectivity index (χ1v) is 4.96. The summed E-state index contributed by atoms with van der Waals surface area (Å²) in [6, 6.07) is 4.65. The third-order valence-corrected chi connectivity index (χ3v) is 2.47. The maximum absolute atomic E-state index is 13.3. The molecule has 0 aliphatic rings. The van der Waals surface area contributed by atoms with Crippen LogP contribution in [0, 0.1) is 5.82 Å². The number of aliphatic carboxylic acids is 1. The molecule has 0 heterocycles. The van der Waals surface area contributed by atoms with Crippen molar-refractivity contribution in [2.75, 3.05) is 0 Å². The van der Waals surface area contributed by atoms with Crippen LogP contribution in [0.25, 0.3) is 0 Å². The maximum atomic E-state index is 13.3. The zero-order valence-corrected chi connectivity index (χ0v) is 9.21. The SMILES string of the molecule is C[C@H](CC(=O)O)c1ccc(Br)cc1F. The molecule has 1 aromatic rings. The number of benzene rings is 1. The Morgan fingerprint density at radius 3 is 2.79 bits per heavy atom. The van der Waals surface area contributed by atoms with Gasteiger partial charge in [0.1, 0.15) is 5.82 Å². The number of halogens is 2. The van der Waals surface area contributed by atoms with E-state index in [4.69, 9.17) is 5.11 Å². The van der Waals surface area contributed by atoms with E-state index in [9.17, 15) is 9.18 Å². The summed E-state index contributed by atoms with van der Waals surface area (Å²) in [6.07, 6.45) is -0.0570. The summed E-state index contributed by atoms with van der Waals surface area (Å²) in [7, 11) is 0. The third kappa shape index (κ3) is 2.80. The van der Waals surface area contributed by atoms with Crippen molar-refractivity contribution in [2.45, 2.75) is 19.3 Å². The van der Waals surface area contributed by atoms with Gasteiger partial charge in [-0.05, 0) is 23.6 Å². The molecule has 0 aliphatic heterocycles. The van der Waals surface area contributed by atoms with E-state index in [-0.39, 0.29) is 18.2 Å². The average molecular weight is 261 g/mol. The first-order valence-electron chi connectivity index (χ1n) is 4.17. The van der Waals surface area contributed by atoms with E-state index in [0.717, 1.165) is 0 Å². The lowest BCUT2D eigenvalue weighted by Crippen LogP contribution is -2.04. The molecule has 0 aliphatic carbocycles. The van der Waals surface area contributed by atoms with Gasteiger partial charge in [0, 0.05) is 4.47 Å². The van der Waals surface area contributed by atoms with Crippen molar-refractivity contribution < 1.29 is 14.3 Å². The van der Waals surface area contributed by atoms with Gasteiger partial charge in [-0.15, -0.1) is 0 Å². The summed E-state index contributed by atoms with van der Waals surface area (Å²) in [5.41, 5.74) is 0.440. The first kappa shape index (κ1) is 11.2. The van der Waals surface area contributed by atoms with Crippen molar-refractivity contribution in [3.05, 3.63) is 34.1 Å². The molecule has 14 heavy (non-hydrogen) atoms. The van der Waals surface area contributed by atoms with Gasteiger partial charge in [-0.1, -0.05) is 28.9 Å². The van der Waals surface area contributed by atoms with E-state index < -0.39 is 5.97 Å². The highest BCUT2D eigenvalue weighted by Crippen LogP contribution is 2.24. The molecule has 4 heteroatoms. The summed E-state index contributed by atoms with van der Waals surface area (Å²) in [4.78, 5) is 10.4. The highest BCUT2D eigenvalue weighted by atomic mass is 79.9. The molecule has 0 spiro atoms. The van der Waals surface area contributed by atoms with E-state index in [1.165, 1.54) is 6.07 Å². The van der Waals surface area contributed by atoms with E-state index in [0.29, 0.717) is 10.0 Å². The molecule has 1 atom stereocenters. The second-order valence-corrected chi connectivity index (χ2v) is 4.08. The molecule has 1 aromatic carbocycles. The molecule has 0 aromatic heterocycles. The largest absolute Gasteiger partial charge is 0.481 e. The molecular weight excluding hydrogens is 251 g/mol. The second kappa shape index (κ2) is 4.55. The van der Waals surface area contributed by atoms with Crippen molar-refractivity contribution >= 4 is 21.9 Å². The second-order valence-electron chi connectivity index (χ2n) is 3.16. The smallest absolute Gasteiger partial charge is 0.303 e. The van der Waals surface area contributed by atoms with Gasteiger partial charge in [-0.2, -0.15) is 0 Å². The Labute approximate surface area is 89.9 Å². The van der Waals surface area contributed by atoms with Gasteiger partial charge in [0.15, 0.2) is 0 Å². The number of hydrogen-bond donors (Lipinski definition) is 1. The van der Waals surface area contributed by atoms with Crippen LogP contribution < -0.4 is 0 Å². The molecular formula is C10H10BrFO2. The number of carbonyl (C=O) groups is 1. The van der Waals surface area contributed by atoms with Crippen LogP contribution >= 0.6 is 15.9 Å². The summed E-state index contributed by atoms with van der Waals surface area (Å²) in [5, 5.41) is 8.56. The minimum Gasteiger partial charge on any atom is -0.481 e. The Kier molecular flexibility index (Phi) is 3.63. The molecule has 0 unspecified atom stereocenters. The quantitative estimate of drug-likeness (QED) is 0.907. The average Bonchev–Trinajstić information content (AvgIpc) is 2.01. The third-order valence-electron chi connectivity index (χ3n) is 1.97. The lowest BCUT2D eigenvalue weighted by Gasteiger charge is -2.10. The Balaban J connectivity index is 2.90. The van der Waals surface area contributed by atoms with Crippen LogP contribution in [0.3, 0.4) is 0 Å². The van der Waals surface area contributed by atoms with Crippen molar-refractivity contribution in [3.8, 4) is 0 Å². The summed E-state index contributed by atoms with van der Waals surface area (Å²) in [5.74, 6) is -1.59. The normalized spacial score (nSPS) is 12.5. The predicted octanol–water partition coefficient (Wildman–Crippen LogP) is 3.17. The Hall–Kier alpha value is -0.900. The zero-order chi connectivity index (χ0) is 10.7. The van der Waals surface area contributed by atoms with Gasteiger partial charge in [0.05, 0.1) is 6.42 Å². The van der Waals surface area contributed by atoms with Crippen molar-refractivity contribution in [2.24, 2.45) is 0 Å². The van der Waals surface area contributed by atoms with E-state index in [2.05, 4.69) is 15.9 Å². The van der Waals surface area contributed by atoms with Crippen LogP contribution in [0.15, 0.2) is 22.7 Å². The minimum absolute atomic E-state index is 0.0570. The molecule has 0 fully saturated rings. The van der Waals surface area contributed by atoms with Gasteiger partial charge in [-0.25, -0.2) is 4.39 Å². The lowest BCUT2D eigenvalue weighted by molar-refractivity contribution is -0.137. The van der Waals surface area contributed by atoms with Gasteiger partial charge < -0.3 is 5.11 Å². The monoisotopic (exact) mass is 260 g/mol. The lowest BCUT2D eigenvalue weighted by atomic mass is 9.97. The van der Waals surface area contributed by atoms with Gasteiger partial charge in [-0.3, -0.25) is 4.79 Å². The molecule has 0 bridgehead atoms. The van der Waals surface area contributed by atoms with E-state index in [1.54, 1.807) is 19.1 Å². The zero-order valence-electron chi connectivity index (χ0n) is 7.63. The van der Waals surface area contributed by atoms with E-state index in [1.807, 2.05) is 0 Å². The highest BCUT2D eigenvalue weighted by molar-refractivity contribution is 9.10. The molecule has 1 rings (SSSR count). The molecule has 0 saturated heterocycles. The Morgan fingerprint density at radius 1 is 1.64 bits per heavy atom. The summed E-state index contributed by atoms with van der Waals surface area (Å²) < 4.78 is 14.0. The summed E-state index contributed by atoms with van der Waals surface area (Å²) in [6.45, 7) is 1.69. The van der Waals surface area contributed by atoms with E-state index >= 15 is 0 Å². The van der Waals surface area contributed by atoms with Crippen LogP contribution in [0.1, 0.15) is 24.8 Å². The van der Waals surface area contributed by atoms with Gasteiger partial charge >= 0.3 is 5.97 Å². The topological polar surface area (TPSA) is 37.3 Å². The standard InChI is InChI=1S/C10H10BrFO2/c1-6(4-10(13)14)8-3-2-7(11)5-9(8)12/h2-3,5-6H,4H2,1H3,(H,13,14)/t6-/m1/s1. The molecule has 1 N–H and O–H groups in total. The fraction of sp³-hybridized carbons (Fsp3) is 0.300. The molecule has 2 nitrogen and oxygen atoms in total. The predicted molar refractivity (Wildman–Crippen MR) is 54.8 cm³/mol. The van der Waals surface area contributed by atoms with Crippen molar-refractivity contribution in [1.82, 2.24) is 0 Å². The number of carboxylic acid groups (broad SMARTS) is 1. The molecule has 0 amide bonds. The molecule has 0 radical (unpaired) electrons. The van der Waals surface area contributed by atoms with Gasteiger partial charge in [0.25, 0.3) is 0 Å². The van der Waals surface area contributed by atoms with Crippen LogP contribution in [0.2, 0.25) is 0 Å². The number of carboxylic acids is 1. The molecule has 76 valence electrons. The fourth-order valence-corrected chi connectivity index (χ4v) is 1.61. The number of hydrogen-bond acceptors (Lipinski definition) is 1. The Bertz CT molecular complexity index is 352. The van der Waals surface area contributed by atoms with Crippen molar-refractivity contribution in [3.63, 3.8) is 0 Å². The van der Waals surface area contributed by atoms with Crippen LogP contribution in [0.5, 0.6) is 0 Å². The van der Waals surface area contributed by atoms with Crippen molar-refractivity contribution in [1.29, 1.82) is 0 Å². The first-order chi connectivity index (χ1) is 6.50. The van der Waals surface area contributed by atoms with Crippen LogP contribution in [-0.2, 0) is 4.79 Å². The number of rotatable bonds is 3. The maximum Gasteiger partial charge on any atom is 0.303 e. The minimum atomic E-state index is -0.917.